The van der Waals surface area contributed by atoms with Crippen molar-refractivity contribution in [1.29, 1.82) is 0 Å². The molecule has 0 aliphatic heterocycles. The average Bonchev–Trinajstić information content (AvgIpc) is 2.92. The van der Waals surface area contributed by atoms with E-state index in [1.165, 1.54) is 6.07 Å². The molecule has 2 heterocycles. The summed E-state index contributed by atoms with van der Waals surface area (Å²) in [5.41, 5.74) is 5.97. The van der Waals surface area contributed by atoms with Crippen LogP contribution in [0.1, 0.15) is 0 Å². The number of nitrogens with zero attached hydrogens (tertiary/aromatic N) is 2. The first-order chi connectivity index (χ1) is 10.2. The lowest BCUT2D eigenvalue weighted by atomic mass is 10.0. The van der Waals surface area contributed by atoms with Gasteiger partial charge in [0.15, 0.2) is 0 Å². The fourth-order valence-corrected chi connectivity index (χ4v) is 2.45. The standard InChI is InChI=1S/C15H9N3O3/c16-15-18-17-14(21-15)10-7-12(19)20-11-6-5-8-3-1-2-4-9(8)13(10)11/h1-7H,(H2,16,18). The zero-order valence-corrected chi connectivity index (χ0v) is 10.7. The molecule has 0 saturated heterocycles. The van der Waals surface area contributed by atoms with Crippen LogP contribution in [0.15, 0.2) is 56.1 Å². The maximum absolute atomic E-state index is 11.7. The molecule has 102 valence electrons. The van der Waals surface area contributed by atoms with Gasteiger partial charge in [-0.15, -0.1) is 5.10 Å². The lowest BCUT2D eigenvalue weighted by Crippen LogP contribution is -1.98. The Hall–Kier alpha value is -3.15. The molecule has 0 bridgehead atoms. The highest BCUT2D eigenvalue weighted by atomic mass is 16.4. The molecular formula is C15H9N3O3. The number of fused-ring (bicyclic) bond motifs is 3. The lowest BCUT2D eigenvalue weighted by molar-refractivity contribution is 0.558. The molecule has 0 spiro atoms. The molecule has 0 atom stereocenters. The molecule has 0 radical (unpaired) electrons. The second-order valence-electron chi connectivity index (χ2n) is 4.58. The van der Waals surface area contributed by atoms with E-state index in [-0.39, 0.29) is 11.9 Å². The maximum atomic E-state index is 11.7. The van der Waals surface area contributed by atoms with Crippen molar-refractivity contribution in [3.05, 3.63) is 52.9 Å². The minimum absolute atomic E-state index is 0.0494. The second-order valence-corrected chi connectivity index (χ2v) is 4.58. The molecule has 0 fully saturated rings. The minimum atomic E-state index is -0.482. The first-order valence-corrected chi connectivity index (χ1v) is 6.27. The van der Waals surface area contributed by atoms with Gasteiger partial charge in [0.2, 0.25) is 0 Å². The van der Waals surface area contributed by atoms with Gasteiger partial charge >= 0.3 is 11.6 Å². The predicted octanol–water partition coefficient (Wildman–Crippen LogP) is 2.58. The normalized spacial score (nSPS) is 11.2. The van der Waals surface area contributed by atoms with E-state index in [9.17, 15) is 4.79 Å². The van der Waals surface area contributed by atoms with E-state index in [0.717, 1.165) is 16.2 Å². The second kappa shape index (κ2) is 4.17. The van der Waals surface area contributed by atoms with Gasteiger partial charge in [-0.1, -0.05) is 35.4 Å². The number of hydrogen-bond acceptors (Lipinski definition) is 6. The molecular weight excluding hydrogens is 270 g/mol. The summed E-state index contributed by atoms with van der Waals surface area (Å²) < 4.78 is 10.5. The highest BCUT2D eigenvalue weighted by Gasteiger charge is 2.15. The van der Waals surface area contributed by atoms with Gasteiger partial charge < -0.3 is 14.6 Å². The molecule has 4 aromatic rings. The van der Waals surface area contributed by atoms with Crippen LogP contribution in [0.2, 0.25) is 0 Å². The number of nitrogens with two attached hydrogens (primary N) is 1. The van der Waals surface area contributed by atoms with Crippen LogP contribution < -0.4 is 11.4 Å². The van der Waals surface area contributed by atoms with Gasteiger partial charge in [-0.25, -0.2) is 4.79 Å². The van der Waals surface area contributed by atoms with Crippen molar-refractivity contribution < 1.29 is 8.83 Å². The van der Waals surface area contributed by atoms with E-state index in [1.807, 2.05) is 30.3 Å². The Morgan fingerprint density at radius 2 is 1.86 bits per heavy atom. The van der Waals surface area contributed by atoms with Crippen LogP contribution in [0.4, 0.5) is 6.01 Å². The van der Waals surface area contributed by atoms with Crippen molar-refractivity contribution in [2.24, 2.45) is 0 Å². The van der Waals surface area contributed by atoms with E-state index in [4.69, 9.17) is 14.6 Å². The van der Waals surface area contributed by atoms with E-state index in [2.05, 4.69) is 10.2 Å². The van der Waals surface area contributed by atoms with Gasteiger partial charge in [-0.3, -0.25) is 0 Å². The molecule has 6 nitrogen and oxygen atoms in total. The average molecular weight is 279 g/mol. The Bertz CT molecular complexity index is 1030. The van der Waals surface area contributed by atoms with E-state index in [1.54, 1.807) is 6.07 Å². The van der Waals surface area contributed by atoms with E-state index >= 15 is 0 Å². The monoisotopic (exact) mass is 279 g/mol. The van der Waals surface area contributed by atoms with Crippen LogP contribution in [0.3, 0.4) is 0 Å². The summed E-state index contributed by atoms with van der Waals surface area (Å²) in [6, 6.07) is 12.7. The third-order valence-corrected chi connectivity index (χ3v) is 3.30. The molecule has 4 rings (SSSR count). The summed E-state index contributed by atoms with van der Waals surface area (Å²) in [6.45, 7) is 0. The topological polar surface area (TPSA) is 95.2 Å². The fraction of sp³-hybridized carbons (Fsp3) is 0. The molecule has 21 heavy (non-hydrogen) atoms. The Morgan fingerprint density at radius 3 is 2.67 bits per heavy atom. The van der Waals surface area contributed by atoms with Crippen LogP contribution in [0, 0.1) is 0 Å². The van der Waals surface area contributed by atoms with Crippen LogP contribution in [0.25, 0.3) is 33.2 Å². The van der Waals surface area contributed by atoms with Gasteiger partial charge in [0, 0.05) is 11.5 Å². The van der Waals surface area contributed by atoms with Crippen molar-refractivity contribution in [2.45, 2.75) is 0 Å². The van der Waals surface area contributed by atoms with E-state index in [0.29, 0.717) is 11.1 Å². The number of aromatic nitrogens is 2. The number of nitrogen functional groups attached to an aromatic ring is 1. The van der Waals surface area contributed by atoms with Gasteiger partial charge in [-0.05, 0) is 16.8 Å². The number of anilines is 1. The van der Waals surface area contributed by atoms with E-state index < -0.39 is 5.63 Å². The zero-order valence-electron chi connectivity index (χ0n) is 10.7. The minimum Gasteiger partial charge on any atom is -0.423 e. The van der Waals surface area contributed by atoms with Gasteiger partial charge in [0.25, 0.3) is 5.89 Å². The van der Waals surface area contributed by atoms with Crippen molar-refractivity contribution in [3.63, 3.8) is 0 Å². The molecule has 0 amide bonds. The van der Waals surface area contributed by atoms with Crippen LogP contribution >= 0.6 is 0 Å². The first-order valence-electron chi connectivity index (χ1n) is 6.27. The molecule has 2 N–H and O–H groups in total. The summed E-state index contributed by atoms with van der Waals surface area (Å²) >= 11 is 0. The third-order valence-electron chi connectivity index (χ3n) is 3.30. The Balaban J connectivity index is 2.23. The number of benzene rings is 2. The highest BCUT2D eigenvalue weighted by Crippen LogP contribution is 2.32. The van der Waals surface area contributed by atoms with Crippen molar-refractivity contribution in [1.82, 2.24) is 10.2 Å². The zero-order chi connectivity index (χ0) is 14.4. The molecule has 0 saturated carbocycles. The fourth-order valence-electron chi connectivity index (χ4n) is 2.45. The molecule has 6 heteroatoms. The Labute approximate surface area is 117 Å². The molecule has 0 aliphatic carbocycles. The van der Waals surface area contributed by atoms with Gasteiger partial charge in [0.1, 0.15) is 5.58 Å². The molecule has 0 aliphatic rings. The molecule has 0 unspecified atom stereocenters. The van der Waals surface area contributed by atoms with Gasteiger partial charge in [0.05, 0.1) is 5.56 Å². The highest BCUT2D eigenvalue weighted by molar-refractivity contribution is 6.11. The summed E-state index contributed by atoms with van der Waals surface area (Å²) in [5.74, 6) is 0.196. The lowest BCUT2D eigenvalue weighted by Gasteiger charge is -2.05. The Kier molecular flexibility index (Phi) is 2.32. The summed E-state index contributed by atoms with van der Waals surface area (Å²) in [6.07, 6.45) is 0. The molecule has 2 aromatic carbocycles. The van der Waals surface area contributed by atoms with Crippen molar-refractivity contribution in [3.8, 4) is 11.5 Å². The largest absolute Gasteiger partial charge is 0.423 e. The van der Waals surface area contributed by atoms with Crippen LogP contribution in [-0.4, -0.2) is 10.2 Å². The summed E-state index contributed by atoms with van der Waals surface area (Å²) in [5, 5.41) is 10.2. The first kappa shape index (κ1) is 11.7. The third kappa shape index (κ3) is 1.77. The van der Waals surface area contributed by atoms with Gasteiger partial charge in [-0.2, -0.15) is 0 Å². The number of hydrogen-bond donors (Lipinski definition) is 1. The van der Waals surface area contributed by atoms with Crippen LogP contribution in [-0.2, 0) is 0 Å². The quantitative estimate of drug-likeness (QED) is 0.425. The van der Waals surface area contributed by atoms with Crippen molar-refractivity contribution in [2.75, 3.05) is 5.73 Å². The SMILES string of the molecule is Nc1nnc(-c2cc(=O)oc3ccc4ccccc4c23)o1. The summed E-state index contributed by atoms with van der Waals surface area (Å²) in [7, 11) is 0. The summed E-state index contributed by atoms with van der Waals surface area (Å²) in [4.78, 5) is 11.7. The number of rotatable bonds is 1. The predicted molar refractivity (Wildman–Crippen MR) is 77.7 cm³/mol. The maximum Gasteiger partial charge on any atom is 0.337 e. The Morgan fingerprint density at radius 1 is 1.00 bits per heavy atom. The van der Waals surface area contributed by atoms with Crippen LogP contribution in [0.5, 0.6) is 0 Å². The molecule has 2 aromatic heterocycles. The van der Waals surface area contributed by atoms with Crippen molar-refractivity contribution >= 4 is 27.8 Å². The smallest absolute Gasteiger partial charge is 0.337 e.